The molecule has 0 atom stereocenters. The van der Waals surface area contributed by atoms with Gasteiger partial charge in [-0.05, 0) is 36.4 Å². The summed E-state index contributed by atoms with van der Waals surface area (Å²) in [6.45, 7) is 0.144. The number of hydrogen-bond donors (Lipinski definition) is 1. The van der Waals surface area contributed by atoms with E-state index >= 15 is 0 Å². The van der Waals surface area contributed by atoms with Crippen LogP contribution in [-0.4, -0.2) is 36.0 Å². The number of thioether (sulfide) groups is 1. The zero-order valence-corrected chi connectivity index (χ0v) is 16.8. The zero-order valence-electron chi connectivity index (χ0n) is 15.3. The molecule has 2 aromatic carbocycles. The summed E-state index contributed by atoms with van der Waals surface area (Å²) in [5.74, 6) is 2.04. The maximum absolute atomic E-state index is 12.0. The van der Waals surface area contributed by atoms with Crippen molar-refractivity contribution in [3.8, 4) is 22.9 Å². The van der Waals surface area contributed by atoms with E-state index in [1.54, 1.807) is 44.6 Å². The van der Waals surface area contributed by atoms with Gasteiger partial charge in [0.25, 0.3) is 0 Å². The van der Waals surface area contributed by atoms with E-state index in [4.69, 9.17) is 25.6 Å². The third-order valence-corrected chi connectivity index (χ3v) is 5.00. The van der Waals surface area contributed by atoms with Gasteiger partial charge in [0.05, 0.1) is 32.1 Å². The number of rotatable bonds is 8. The molecule has 3 aromatic rings. The van der Waals surface area contributed by atoms with E-state index in [0.29, 0.717) is 33.8 Å². The van der Waals surface area contributed by atoms with Gasteiger partial charge in [0, 0.05) is 16.0 Å². The van der Waals surface area contributed by atoms with Gasteiger partial charge in [-0.3, -0.25) is 4.79 Å². The van der Waals surface area contributed by atoms with E-state index in [1.807, 2.05) is 12.1 Å². The summed E-state index contributed by atoms with van der Waals surface area (Å²) in [4.78, 5) is 17.3. The van der Waals surface area contributed by atoms with Gasteiger partial charge in [0.2, 0.25) is 17.6 Å². The average Bonchev–Trinajstić information content (AvgIpc) is 3.20. The molecule has 0 aliphatic carbocycles. The number of methoxy groups -OCH3 is 2. The normalized spacial score (nSPS) is 10.5. The molecule has 0 aliphatic rings. The molecule has 0 aliphatic heterocycles. The number of aromatic nitrogens is 2. The molecule has 1 N–H and O–H groups in total. The van der Waals surface area contributed by atoms with Crippen LogP contribution in [0.25, 0.3) is 11.4 Å². The maximum atomic E-state index is 12.0. The van der Waals surface area contributed by atoms with E-state index in [1.165, 1.54) is 11.8 Å². The predicted molar refractivity (Wildman–Crippen MR) is 107 cm³/mol. The maximum Gasteiger partial charge on any atom is 0.246 e. The quantitative estimate of drug-likeness (QED) is 0.555. The lowest BCUT2D eigenvalue weighted by Crippen LogP contribution is -2.24. The number of halogens is 1. The summed E-state index contributed by atoms with van der Waals surface area (Å²) in [5.41, 5.74) is 0.669. The van der Waals surface area contributed by atoms with Gasteiger partial charge in [-0.1, -0.05) is 16.8 Å². The molecule has 7 nitrogen and oxygen atoms in total. The van der Waals surface area contributed by atoms with Crippen LogP contribution in [-0.2, 0) is 11.3 Å². The minimum absolute atomic E-state index is 0.137. The zero-order chi connectivity index (χ0) is 19.9. The van der Waals surface area contributed by atoms with Crippen molar-refractivity contribution >= 4 is 29.3 Å². The highest BCUT2D eigenvalue weighted by atomic mass is 35.5. The van der Waals surface area contributed by atoms with Crippen LogP contribution < -0.4 is 14.8 Å². The van der Waals surface area contributed by atoms with Crippen LogP contribution in [0.1, 0.15) is 5.89 Å². The van der Waals surface area contributed by atoms with Crippen LogP contribution >= 0.6 is 23.4 Å². The number of hydrogen-bond acceptors (Lipinski definition) is 7. The summed E-state index contributed by atoms with van der Waals surface area (Å²) in [6, 6.07) is 12.6. The van der Waals surface area contributed by atoms with E-state index in [9.17, 15) is 4.79 Å². The Labute approximate surface area is 171 Å². The minimum atomic E-state index is -0.137. The molecule has 1 amide bonds. The number of ether oxygens (including phenoxy) is 2. The molecule has 146 valence electrons. The van der Waals surface area contributed by atoms with Gasteiger partial charge >= 0.3 is 0 Å². The lowest BCUT2D eigenvalue weighted by atomic mass is 10.2. The lowest BCUT2D eigenvalue weighted by Gasteiger charge is -2.07. The van der Waals surface area contributed by atoms with Gasteiger partial charge in [0.15, 0.2) is 0 Å². The van der Waals surface area contributed by atoms with E-state index in [0.717, 1.165) is 4.90 Å². The van der Waals surface area contributed by atoms with Crippen LogP contribution in [0.2, 0.25) is 5.02 Å². The first-order valence-corrected chi connectivity index (χ1v) is 9.65. The first kappa shape index (κ1) is 20.0. The van der Waals surface area contributed by atoms with Crippen molar-refractivity contribution in [1.29, 1.82) is 0 Å². The summed E-state index contributed by atoms with van der Waals surface area (Å²) in [7, 11) is 3.13. The Balaban J connectivity index is 1.56. The van der Waals surface area contributed by atoms with E-state index in [2.05, 4.69) is 15.5 Å². The highest BCUT2D eigenvalue weighted by molar-refractivity contribution is 8.00. The van der Waals surface area contributed by atoms with E-state index in [-0.39, 0.29) is 18.2 Å². The van der Waals surface area contributed by atoms with Crippen molar-refractivity contribution < 1.29 is 18.8 Å². The largest absolute Gasteiger partial charge is 0.497 e. The molecule has 0 radical (unpaired) electrons. The lowest BCUT2D eigenvalue weighted by molar-refractivity contribution is -0.118. The second kappa shape index (κ2) is 9.48. The van der Waals surface area contributed by atoms with Crippen LogP contribution in [0.3, 0.4) is 0 Å². The molecule has 0 bridgehead atoms. The molecular formula is C19H18ClN3O4S. The van der Waals surface area contributed by atoms with Gasteiger partial charge < -0.3 is 19.3 Å². The third kappa shape index (κ3) is 5.17. The first-order valence-electron chi connectivity index (χ1n) is 8.29. The highest BCUT2D eigenvalue weighted by Gasteiger charge is 2.15. The Morgan fingerprint density at radius 1 is 1.18 bits per heavy atom. The molecule has 1 aromatic heterocycles. The predicted octanol–water partition coefficient (Wildman–Crippen LogP) is 3.82. The fourth-order valence-corrected chi connectivity index (χ4v) is 3.18. The Hall–Kier alpha value is -2.71. The standard InChI is InChI=1S/C19H18ClN3O4S/c1-25-13-5-8-15(16(9-13)26-2)19-22-18(27-23-19)10-21-17(24)11-28-14-6-3-12(20)4-7-14/h3-9H,10-11H2,1-2H3,(H,21,24). The van der Waals surface area contributed by atoms with Gasteiger partial charge in [-0.25, -0.2) is 0 Å². The fraction of sp³-hybridized carbons (Fsp3) is 0.211. The second-order valence-corrected chi connectivity index (χ2v) is 7.08. The van der Waals surface area contributed by atoms with Crippen LogP contribution in [0.5, 0.6) is 11.5 Å². The summed E-state index contributed by atoms with van der Waals surface area (Å²) >= 11 is 7.26. The monoisotopic (exact) mass is 419 g/mol. The van der Waals surface area contributed by atoms with Crippen LogP contribution in [0.4, 0.5) is 0 Å². The summed E-state index contributed by atoms with van der Waals surface area (Å²) < 4.78 is 15.7. The SMILES string of the molecule is COc1ccc(-c2noc(CNC(=O)CSc3ccc(Cl)cc3)n2)c(OC)c1. The van der Waals surface area contributed by atoms with Crippen LogP contribution in [0, 0.1) is 0 Å². The van der Waals surface area contributed by atoms with Crippen molar-refractivity contribution in [2.45, 2.75) is 11.4 Å². The number of carbonyl (C=O) groups excluding carboxylic acids is 1. The number of carbonyl (C=O) groups is 1. The average molecular weight is 420 g/mol. The number of nitrogens with zero attached hydrogens (tertiary/aromatic N) is 2. The summed E-state index contributed by atoms with van der Waals surface area (Å²) in [6.07, 6.45) is 0. The summed E-state index contributed by atoms with van der Waals surface area (Å²) in [5, 5.41) is 7.37. The molecule has 0 saturated carbocycles. The van der Waals surface area contributed by atoms with Gasteiger partial charge in [-0.2, -0.15) is 4.98 Å². The highest BCUT2D eigenvalue weighted by Crippen LogP contribution is 2.31. The van der Waals surface area contributed by atoms with Crippen molar-refractivity contribution in [2.75, 3.05) is 20.0 Å². The van der Waals surface area contributed by atoms with Crippen molar-refractivity contribution in [3.05, 3.63) is 53.4 Å². The Morgan fingerprint density at radius 3 is 2.68 bits per heavy atom. The number of nitrogens with one attached hydrogen (secondary N) is 1. The fourth-order valence-electron chi connectivity index (χ4n) is 2.32. The topological polar surface area (TPSA) is 86.5 Å². The Kier molecular flexibility index (Phi) is 6.78. The van der Waals surface area contributed by atoms with Crippen molar-refractivity contribution in [3.63, 3.8) is 0 Å². The molecular weight excluding hydrogens is 402 g/mol. The Morgan fingerprint density at radius 2 is 1.96 bits per heavy atom. The van der Waals surface area contributed by atoms with E-state index < -0.39 is 0 Å². The second-order valence-electron chi connectivity index (χ2n) is 5.60. The third-order valence-electron chi connectivity index (χ3n) is 3.74. The molecule has 9 heteroatoms. The number of benzene rings is 2. The van der Waals surface area contributed by atoms with Gasteiger partial charge in [-0.15, -0.1) is 11.8 Å². The molecule has 28 heavy (non-hydrogen) atoms. The molecule has 0 fully saturated rings. The first-order chi connectivity index (χ1) is 13.6. The molecule has 3 rings (SSSR count). The molecule has 0 unspecified atom stereocenters. The molecule has 1 heterocycles. The smallest absolute Gasteiger partial charge is 0.246 e. The van der Waals surface area contributed by atoms with Crippen LogP contribution in [0.15, 0.2) is 51.9 Å². The minimum Gasteiger partial charge on any atom is -0.497 e. The van der Waals surface area contributed by atoms with Crippen molar-refractivity contribution in [2.24, 2.45) is 0 Å². The van der Waals surface area contributed by atoms with Gasteiger partial charge in [0.1, 0.15) is 11.5 Å². The Bertz CT molecular complexity index is 947. The number of amides is 1. The molecule has 0 saturated heterocycles. The molecule has 0 spiro atoms. The van der Waals surface area contributed by atoms with Crippen molar-refractivity contribution in [1.82, 2.24) is 15.5 Å².